The van der Waals surface area contributed by atoms with E-state index in [2.05, 4.69) is 6.92 Å². The topological polar surface area (TPSA) is 274 Å². The van der Waals surface area contributed by atoms with Gasteiger partial charge in [0.2, 0.25) is 0 Å². The van der Waals surface area contributed by atoms with Crippen LogP contribution in [0.25, 0.3) is 0 Å². The maximum Gasteiger partial charge on any atom is 0.309 e. The maximum absolute atomic E-state index is 13.6. The Kier molecular flexibility index (Phi) is 23.4. The van der Waals surface area contributed by atoms with Crippen LogP contribution in [0, 0.1) is 11.8 Å². The Morgan fingerprint density at radius 3 is 1.74 bits per heavy atom. The third-order valence-corrected chi connectivity index (χ3v) is 14.6. The molecule has 23 atom stereocenters. The molecule has 23 unspecified atom stereocenters. The summed E-state index contributed by atoms with van der Waals surface area (Å²) in [5, 5.41) is 69.2. The largest absolute Gasteiger partial charge is 0.457 e. The summed E-state index contributed by atoms with van der Waals surface area (Å²) in [6.07, 6.45) is -17.8. The lowest BCUT2D eigenvalue weighted by molar-refractivity contribution is -0.397. The minimum absolute atomic E-state index is 0.0264. The Bertz CT molecular complexity index is 1590. The number of unbranched alkanes of at least 4 members (excludes halogenated alkanes) is 2. The van der Waals surface area contributed by atoms with Gasteiger partial charge < -0.3 is 82.7 Å². The molecular weight excluding hydrogens is 921 g/mol. The van der Waals surface area contributed by atoms with Crippen LogP contribution in [0.2, 0.25) is 0 Å². The Hall–Kier alpha value is -2.15. The molecule has 0 aliphatic carbocycles. The average Bonchev–Trinajstić information content (AvgIpc) is 3.33. The number of esters is 3. The molecule has 0 radical (unpaired) electrons. The van der Waals surface area contributed by atoms with Crippen LogP contribution in [0.1, 0.15) is 159 Å². The van der Waals surface area contributed by atoms with Crippen LogP contribution in [-0.2, 0) is 66.5 Å². The maximum atomic E-state index is 13.6. The van der Waals surface area contributed by atoms with E-state index in [4.69, 9.17) is 52.1 Å². The minimum atomic E-state index is -1.78. The number of aliphatic hydroxyl groups excluding tert-OH is 6. The van der Waals surface area contributed by atoms with Gasteiger partial charge in [-0.2, -0.15) is 0 Å². The van der Waals surface area contributed by atoms with Crippen LogP contribution >= 0.6 is 0 Å². The molecule has 2 bridgehead atoms. The lowest BCUT2D eigenvalue weighted by atomic mass is 9.96. The molecule has 406 valence electrons. The fourth-order valence-electron chi connectivity index (χ4n) is 9.46. The Labute approximate surface area is 413 Å². The van der Waals surface area contributed by atoms with Crippen molar-refractivity contribution in [2.45, 2.75) is 288 Å². The monoisotopic (exact) mass is 1010 g/mol. The predicted octanol–water partition coefficient (Wildman–Crippen LogP) is 3.60. The van der Waals surface area contributed by atoms with Crippen LogP contribution < -0.4 is 0 Å². The van der Waals surface area contributed by atoms with Crippen molar-refractivity contribution in [3.8, 4) is 0 Å². The highest BCUT2D eigenvalue weighted by Gasteiger charge is 2.57. The zero-order chi connectivity index (χ0) is 51.4. The zero-order valence-electron chi connectivity index (χ0n) is 42.8. The first-order valence-corrected chi connectivity index (χ1v) is 26.2. The third kappa shape index (κ3) is 15.2. The highest BCUT2D eigenvalue weighted by Crippen LogP contribution is 2.38. The van der Waals surface area contributed by atoms with Gasteiger partial charge in [-0.3, -0.25) is 14.4 Å². The van der Waals surface area contributed by atoms with E-state index in [0.29, 0.717) is 19.3 Å². The van der Waals surface area contributed by atoms with Gasteiger partial charge in [0.25, 0.3) is 0 Å². The lowest BCUT2D eigenvalue weighted by Crippen LogP contribution is -2.67. The number of hydrogen-bond acceptors (Lipinski definition) is 20. The van der Waals surface area contributed by atoms with Gasteiger partial charge in [-0.1, -0.05) is 92.4 Å². The third-order valence-electron chi connectivity index (χ3n) is 14.6. The molecule has 5 rings (SSSR count). The van der Waals surface area contributed by atoms with Crippen LogP contribution in [0.3, 0.4) is 0 Å². The molecule has 5 heterocycles. The number of hydrogen-bond donors (Lipinski definition) is 6. The quantitative estimate of drug-likeness (QED) is 0.0824. The molecule has 70 heavy (non-hydrogen) atoms. The van der Waals surface area contributed by atoms with Crippen molar-refractivity contribution < 1.29 is 97.1 Å². The molecule has 0 saturated carbocycles. The molecule has 5 saturated heterocycles. The van der Waals surface area contributed by atoms with E-state index in [1.807, 2.05) is 6.92 Å². The number of carbonyl (C=O) groups excluding carboxylic acids is 3. The lowest BCUT2D eigenvalue weighted by Gasteiger charge is -2.50. The number of aliphatic hydroxyl groups is 6. The second kappa shape index (κ2) is 27.9. The van der Waals surface area contributed by atoms with E-state index in [-0.39, 0.29) is 12.5 Å². The van der Waals surface area contributed by atoms with Crippen LogP contribution in [0.5, 0.6) is 0 Å². The SMILES string of the molecule is CCCCCC1CCCCCCCCCC(=O)OC2C(O)C(C)OC(OC3C(O1)OC(C)C(O)C3O)C2OC1OC(C)C(OC2OC(C)C(OC(=O)C(C)CC)C(O)C2O)C(O)C1OC(=O)C(C)CC. The summed E-state index contributed by atoms with van der Waals surface area (Å²) in [6, 6.07) is 0. The number of rotatable bonds is 14. The van der Waals surface area contributed by atoms with Crippen molar-refractivity contribution in [3.05, 3.63) is 0 Å². The van der Waals surface area contributed by atoms with E-state index in [0.717, 1.165) is 70.6 Å². The van der Waals surface area contributed by atoms with E-state index in [9.17, 15) is 45.0 Å². The summed E-state index contributed by atoms with van der Waals surface area (Å²) in [7, 11) is 0. The Morgan fingerprint density at radius 2 is 1.10 bits per heavy atom. The summed E-state index contributed by atoms with van der Waals surface area (Å²) in [4.78, 5) is 39.9. The van der Waals surface area contributed by atoms with Crippen molar-refractivity contribution in [1.82, 2.24) is 0 Å². The van der Waals surface area contributed by atoms with Crippen molar-refractivity contribution in [2.24, 2.45) is 11.8 Å². The molecule has 20 heteroatoms. The van der Waals surface area contributed by atoms with Gasteiger partial charge in [0, 0.05) is 6.42 Å². The number of carbonyl (C=O) groups is 3. The molecular formula is C50H86O20. The van der Waals surface area contributed by atoms with Crippen LogP contribution in [0.15, 0.2) is 0 Å². The van der Waals surface area contributed by atoms with Crippen LogP contribution in [-0.4, -0.2) is 177 Å². The van der Waals surface area contributed by atoms with E-state index >= 15 is 0 Å². The van der Waals surface area contributed by atoms with Crippen LogP contribution in [0.4, 0.5) is 0 Å². The predicted molar refractivity (Wildman–Crippen MR) is 247 cm³/mol. The first-order chi connectivity index (χ1) is 33.3. The average molecular weight is 1010 g/mol. The summed E-state index contributed by atoms with van der Waals surface area (Å²) in [5.74, 6) is -3.11. The van der Waals surface area contributed by atoms with Gasteiger partial charge in [0.1, 0.15) is 48.8 Å². The second-order valence-corrected chi connectivity index (χ2v) is 20.2. The zero-order valence-corrected chi connectivity index (χ0v) is 42.8. The molecule has 5 fully saturated rings. The normalized spacial score (nSPS) is 42.7. The van der Waals surface area contributed by atoms with Gasteiger partial charge in [-0.05, 0) is 59.8 Å². The summed E-state index contributed by atoms with van der Waals surface area (Å²) in [5.41, 5.74) is 0. The van der Waals surface area contributed by atoms with Gasteiger partial charge >= 0.3 is 17.9 Å². The molecule has 0 amide bonds. The number of ether oxygens (including phenoxy) is 11. The summed E-state index contributed by atoms with van der Waals surface area (Å²) in [6.45, 7) is 15.2. The molecule has 6 N–H and O–H groups in total. The van der Waals surface area contributed by atoms with Crippen molar-refractivity contribution in [2.75, 3.05) is 0 Å². The number of fused-ring (bicyclic) bond motifs is 3. The summed E-state index contributed by atoms with van der Waals surface area (Å²) < 4.78 is 68.3. The molecule has 0 aromatic rings. The van der Waals surface area contributed by atoms with Gasteiger partial charge in [0.05, 0.1) is 42.4 Å². The van der Waals surface area contributed by atoms with E-state index in [1.54, 1.807) is 27.7 Å². The van der Waals surface area contributed by atoms with Crippen molar-refractivity contribution >= 4 is 17.9 Å². The molecule has 0 spiro atoms. The fourth-order valence-corrected chi connectivity index (χ4v) is 9.46. The molecule has 0 aromatic carbocycles. The van der Waals surface area contributed by atoms with Crippen molar-refractivity contribution in [3.63, 3.8) is 0 Å². The van der Waals surface area contributed by atoms with Gasteiger partial charge in [-0.15, -0.1) is 0 Å². The minimum Gasteiger partial charge on any atom is -0.457 e. The highest BCUT2D eigenvalue weighted by molar-refractivity contribution is 5.72. The van der Waals surface area contributed by atoms with E-state index < -0.39 is 153 Å². The van der Waals surface area contributed by atoms with Gasteiger partial charge in [-0.25, -0.2) is 0 Å². The van der Waals surface area contributed by atoms with E-state index in [1.165, 1.54) is 20.8 Å². The smallest absolute Gasteiger partial charge is 0.309 e. The molecule has 0 aromatic heterocycles. The Balaban J connectivity index is 1.49. The standard InChI is InChI=1S/C50H86O20/c1-10-13-19-22-31-23-20-17-15-14-16-18-21-24-32(51)65-41-34(53)28(7)61-50(69-42-35(54)33(52)27(6)60-48(42)64-31)44(41)70-49-43(67-46(59)26(5)12-3)38(57)40(30(9)63-49)68-47-37(56)36(55)39(29(8)62-47)66-45(58)25(4)11-2/h25-31,33-44,47-50,52-57H,10-24H2,1-9H3. The Morgan fingerprint density at radius 1 is 0.543 bits per heavy atom. The highest BCUT2D eigenvalue weighted by atomic mass is 16.8. The second-order valence-electron chi connectivity index (χ2n) is 20.2. The first kappa shape index (κ1) is 58.7. The first-order valence-electron chi connectivity index (χ1n) is 26.2. The van der Waals surface area contributed by atoms with Crippen molar-refractivity contribution in [1.29, 1.82) is 0 Å². The molecule has 5 aliphatic rings. The summed E-state index contributed by atoms with van der Waals surface area (Å²) >= 11 is 0. The fraction of sp³-hybridized carbons (Fsp3) is 0.940. The van der Waals surface area contributed by atoms with Gasteiger partial charge in [0.15, 0.2) is 49.6 Å². The molecule has 5 aliphatic heterocycles. The molecule has 20 nitrogen and oxygen atoms in total.